The second kappa shape index (κ2) is 8.21. The van der Waals surface area contributed by atoms with Gasteiger partial charge in [-0.25, -0.2) is 18.2 Å². The second-order valence-corrected chi connectivity index (χ2v) is 8.85. The minimum absolute atomic E-state index is 0.0682. The van der Waals surface area contributed by atoms with Gasteiger partial charge in [-0.1, -0.05) is 18.2 Å². The maximum Gasteiger partial charge on any atom is 0.407 e. The standard InChI is InChI=1S/C19H15N3O4S2/c1-21-19(23)26-12-13-10-16(15-8-5-9-22-17(15)11-20)18(27-13)28(24,25)14-6-3-2-4-7-14/h2-10H,12H2,1H3,(H,21,23). The van der Waals surface area contributed by atoms with Crippen LogP contribution < -0.4 is 5.32 Å². The molecule has 2 heterocycles. The number of nitrogens with zero attached hydrogens (tertiary/aromatic N) is 2. The van der Waals surface area contributed by atoms with E-state index in [9.17, 15) is 18.5 Å². The molecule has 0 aliphatic carbocycles. The molecule has 0 fully saturated rings. The molecule has 0 saturated heterocycles. The van der Waals surface area contributed by atoms with Gasteiger partial charge in [0, 0.05) is 29.2 Å². The number of hydrogen-bond donors (Lipinski definition) is 1. The van der Waals surface area contributed by atoms with Crippen molar-refractivity contribution in [3.8, 4) is 17.2 Å². The summed E-state index contributed by atoms with van der Waals surface area (Å²) in [6.07, 6.45) is 0.844. The van der Waals surface area contributed by atoms with Crippen LogP contribution in [0.2, 0.25) is 0 Å². The van der Waals surface area contributed by atoms with Gasteiger partial charge in [0.1, 0.15) is 22.6 Å². The summed E-state index contributed by atoms with van der Waals surface area (Å²) in [6, 6.07) is 14.9. The zero-order valence-electron chi connectivity index (χ0n) is 14.7. The molecule has 0 aliphatic rings. The molecule has 0 radical (unpaired) electrons. The molecule has 0 spiro atoms. The third-order valence-corrected chi connectivity index (χ3v) is 7.21. The van der Waals surface area contributed by atoms with Gasteiger partial charge in [-0.2, -0.15) is 5.26 Å². The number of nitrogens with one attached hydrogen (secondary N) is 1. The van der Waals surface area contributed by atoms with Crippen molar-refractivity contribution in [1.29, 1.82) is 5.26 Å². The molecule has 0 unspecified atom stereocenters. The highest BCUT2D eigenvalue weighted by molar-refractivity contribution is 7.93. The number of benzene rings is 1. The normalized spacial score (nSPS) is 10.9. The molecule has 0 saturated carbocycles. The lowest BCUT2D eigenvalue weighted by Gasteiger charge is -2.07. The Morgan fingerprint density at radius 2 is 1.96 bits per heavy atom. The molecule has 0 atom stereocenters. The molecule has 0 bridgehead atoms. The van der Waals surface area contributed by atoms with Crippen LogP contribution >= 0.6 is 11.3 Å². The lowest BCUT2D eigenvalue weighted by molar-refractivity contribution is 0.143. The van der Waals surface area contributed by atoms with Crippen LogP contribution in [-0.2, 0) is 21.2 Å². The highest BCUT2D eigenvalue weighted by atomic mass is 32.2. The van der Waals surface area contributed by atoms with E-state index in [4.69, 9.17) is 4.74 Å². The summed E-state index contributed by atoms with van der Waals surface area (Å²) in [5.41, 5.74) is 0.875. The average molecular weight is 413 g/mol. The van der Waals surface area contributed by atoms with Crippen molar-refractivity contribution in [3.05, 3.63) is 65.3 Å². The van der Waals surface area contributed by atoms with Crippen LogP contribution in [0.15, 0.2) is 63.8 Å². The molecule has 2 aromatic heterocycles. The van der Waals surface area contributed by atoms with Crippen molar-refractivity contribution in [2.45, 2.75) is 15.7 Å². The average Bonchev–Trinajstić information content (AvgIpc) is 3.17. The van der Waals surface area contributed by atoms with Crippen LogP contribution in [-0.4, -0.2) is 26.5 Å². The van der Waals surface area contributed by atoms with Crippen LogP contribution in [0, 0.1) is 11.3 Å². The fourth-order valence-corrected chi connectivity index (χ4v) is 5.56. The third kappa shape index (κ3) is 3.88. The maximum absolute atomic E-state index is 13.2. The number of thiophene rings is 1. The van der Waals surface area contributed by atoms with Gasteiger partial charge in [0.05, 0.1) is 4.90 Å². The van der Waals surface area contributed by atoms with Gasteiger partial charge in [-0.15, -0.1) is 11.3 Å². The van der Waals surface area contributed by atoms with E-state index in [2.05, 4.69) is 10.3 Å². The van der Waals surface area contributed by atoms with E-state index in [1.165, 1.54) is 25.4 Å². The number of sulfone groups is 1. The Morgan fingerprint density at radius 1 is 1.21 bits per heavy atom. The summed E-state index contributed by atoms with van der Waals surface area (Å²) in [6.45, 7) is -0.0935. The Hall–Kier alpha value is -3.22. The predicted molar refractivity (Wildman–Crippen MR) is 103 cm³/mol. The van der Waals surface area contributed by atoms with Gasteiger partial charge in [0.2, 0.25) is 9.84 Å². The van der Waals surface area contributed by atoms with Crippen LogP contribution in [0.3, 0.4) is 0 Å². The largest absolute Gasteiger partial charge is 0.444 e. The van der Waals surface area contributed by atoms with Gasteiger partial charge >= 0.3 is 6.09 Å². The topological polar surface area (TPSA) is 109 Å². The summed E-state index contributed by atoms with van der Waals surface area (Å²) in [5.74, 6) is 0. The minimum Gasteiger partial charge on any atom is -0.444 e. The summed E-state index contributed by atoms with van der Waals surface area (Å²) < 4.78 is 31.6. The van der Waals surface area contributed by atoms with E-state index in [1.54, 1.807) is 36.4 Å². The molecule has 0 aliphatic heterocycles. The summed E-state index contributed by atoms with van der Waals surface area (Å²) in [7, 11) is -2.41. The van der Waals surface area contributed by atoms with E-state index < -0.39 is 15.9 Å². The van der Waals surface area contributed by atoms with Crippen molar-refractivity contribution >= 4 is 27.3 Å². The smallest absolute Gasteiger partial charge is 0.407 e. The first-order valence-electron chi connectivity index (χ1n) is 8.10. The second-order valence-electron chi connectivity index (χ2n) is 5.57. The van der Waals surface area contributed by atoms with E-state index in [0.717, 1.165) is 11.3 Å². The lowest BCUT2D eigenvalue weighted by atomic mass is 10.1. The van der Waals surface area contributed by atoms with Crippen molar-refractivity contribution in [3.63, 3.8) is 0 Å². The van der Waals surface area contributed by atoms with Gasteiger partial charge in [0.15, 0.2) is 0 Å². The van der Waals surface area contributed by atoms with Crippen LogP contribution in [0.1, 0.15) is 10.6 Å². The lowest BCUT2D eigenvalue weighted by Crippen LogP contribution is -2.18. The molecular weight excluding hydrogens is 398 g/mol. The molecule has 1 aromatic carbocycles. The summed E-state index contributed by atoms with van der Waals surface area (Å²) in [5, 5.41) is 11.7. The SMILES string of the molecule is CNC(=O)OCc1cc(-c2cccnc2C#N)c(S(=O)(=O)c2ccccc2)s1. The van der Waals surface area contributed by atoms with Crippen LogP contribution in [0.25, 0.3) is 11.1 Å². The van der Waals surface area contributed by atoms with E-state index in [1.807, 2.05) is 6.07 Å². The Bertz CT molecular complexity index is 1150. The number of amides is 1. The van der Waals surface area contributed by atoms with E-state index in [0.29, 0.717) is 16.0 Å². The predicted octanol–water partition coefficient (Wildman–Crippen LogP) is 3.37. The van der Waals surface area contributed by atoms with Crippen LogP contribution in [0.5, 0.6) is 0 Å². The maximum atomic E-state index is 13.2. The Kier molecular flexibility index (Phi) is 5.73. The van der Waals surface area contributed by atoms with E-state index >= 15 is 0 Å². The van der Waals surface area contributed by atoms with Crippen molar-refractivity contribution in [1.82, 2.24) is 10.3 Å². The highest BCUT2D eigenvalue weighted by Gasteiger charge is 2.27. The molecule has 1 amide bonds. The Morgan fingerprint density at radius 3 is 2.64 bits per heavy atom. The summed E-state index contributed by atoms with van der Waals surface area (Å²) >= 11 is 0.998. The number of ether oxygens (including phenoxy) is 1. The monoisotopic (exact) mass is 413 g/mol. The molecule has 28 heavy (non-hydrogen) atoms. The van der Waals surface area contributed by atoms with Crippen LogP contribution in [0.4, 0.5) is 4.79 Å². The first kappa shape index (κ1) is 19.5. The zero-order valence-corrected chi connectivity index (χ0v) is 16.4. The van der Waals surface area contributed by atoms with Gasteiger partial charge in [-0.05, 0) is 30.3 Å². The van der Waals surface area contributed by atoms with Gasteiger partial charge in [-0.3, -0.25) is 0 Å². The molecule has 3 aromatic rings. The summed E-state index contributed by atoms with van der Waals surface area (Å²) in [4.78, 5) is 16.1. The molecule has 1 N–H and O–H groups in total. The number of alkyl carbamates (subject to hydrolysis) is 1. The van der Waals surface area contributed by atoms with Gasteiger partial charge < -0.3 is 10.1 Å². The third-order valence-electron chi connectivity index (χ3n) is 3.80. The number of rotatable bonds is 5. The highest BCUT2D eigenvalue weighted by Crippen LogP contribution is 2.39. The number of carbonyl (C=O) groups excluding carboxylic acids is 1. The molecule has 3 rings (SSSR count). The molecule has 9 heteroatoms. The first-order chi connectivity index (χ1) is 13.5. The molecule has 142 valence electrons. The number of carbonyl (C=O) groups is 1. The minimum atomic E-state index is -3.84. The number of nitriles is 1. The van der Waals surface area contributed by atoms with Gasteiger partial charge in [0.25, 0.3) is 0 Å². The zero-order chi connectivity index (χ0) is 20.1. The quantitative estimate of drug-likeness (QED) is 0.687. The van der Waals surface area contributed by atoms with Crippen molar-refractivity contribution in [2.75, 3.05) is 7.05 Å². The Labute approximate surface area is 166 Å². The number of hydrogen-bond acceptors (Lipinski definition) is 7. The molecular formula is C19H15N3O4S2. The van der Waals surface area contributed by atoms with Crippen molar-refractivity contribution < 1.29 is 17.9 Å². The van der Waals surface area contributed by atoms with E-state index in [-0.39, 0.29) is 21.4 Å². The fraction of sp³-hybridized carbons (Fsp3) is 0.105. The first-order valence-corrected chi connectivity index (χ1v) is 10.4. The Balaban J connectivity index is 2.16. The number of pyridine rings is 1. The van der Waals surface area contributed by atoms with Crippen molar-refractivity contribution in [2.24, 2.45) is 0 Å². The molecule has 7 nitrogen and oxygen atoms in total. The fourth-order valence-electron chi connectivity index (χ4n) is 2.51. The number of aromatic nitrogens is 1.